The molecular weight excluding hydrogens is 414 g/mol. The van der Waals surface area contributed by atoms with Gasteiger partial charge in [0.25, 0.3) is 11.8 Å². The maximum Gasteiger partial charge on any atom is 0.341 e. The average Bonchev–Trinajstić information content (AvgIpc) is 3.26. The molecule has 0 fully saturated rings. The van der Waals surface area contributed by atoms with Crippen LogP contribution in [0.2, 0.25) is 0 Å². The van der Waals surface area contributed by atoms with Gasteiger partial charge in [-0.05, 0) is 25.8 Å². The van der Waals surface area contributed by atoms with Gasteiger partial charge in [-0.1, -0.05) is 6.92 Å². The average molecular weight is 437 g/mol. The summed E-state index contributed by atoms with van der Waals surface area (Å²) in [6, 6.07) is 0. The van der Waals surface area contributed by atoms with Crippen LogP contribution < -0.4 is 5.32 Å². The van der Waals surface area contributed by atoms with Crippen molar-refractivity contribution in [3.63, 3.8) is 0 Å². The molecule has 2 aromatic rings. The third kappa shape index (κ3) is 4.48. The third-order valence-electron chi connectivity index (χ3n) is 4.15. The summed E-state index contributed by atoms with van der Waals surface area (Å²) in [5.74, 6) is -1.83. The number of esters is 1. The van der Waals surface area contributed by atoms with Crippen LogP contribution in [0.4, 0.5) is 10.7 Å². The maximum atomic E-state index is 12.9. The van der Waals surface area contributed by atoms with Crippen molar-refractivity contribution in [3.8, 4) is 0 Å². The van der Waals surface area contributed by atoms with Gasteiger partial charge in [-0.3, -0.25) is 24.4 Å². The molecule has 12 heteroatoms. The second kappa shape index (κ2) is 9.48. The minimum atomic E-state index is -0.810. The number of ether oxygens (including phenoxy) is 1. The van der Waals surface area contributed by atoms with Gasteiger partial charge in [0.2, 0.25) is 5.69 Å². The van der Waals surface area contributed by atoms with E-state index >= 15 is 0 Å². The standard InChI is InChI=1S/C18H23N5O6S/c1-6-8-29-18(26)12-10(3)14(17(25)21(4)5)30-16(12)20-15(24)13-11(23(27)28)9-19-22(13)7-2/h9H,6-8H2,1-5H3,(H,20,24). The molecule has 0 saturated carbocycles. The van der Waals surface area contributed by atoms with E-state index in [4.69, 9.17) is 4.74 Å². The summed E-state index contributed by atoms with van der Waals surface area (Å²) >= 11 is 0.914. The largest absolute Gasteiger partial charge is 0.462 e. The van der Waals surface area contributed by atoms with Crippen LogP contribution in [-0.2, 0) is 11.3 Å². The van der Waals surface area contributed by atoms with Gasteiger partial charge in [-0.2, -0.15) is 5.10 Å². The van der Waals surface area contributed by atoms with E-state index in [1.807, 2.05) is 6.92 Å². The Hall–Kier alpha value is -3.28. The van der Waals surface area contributed by atoms with E-state index in [9.17, 15) is 24.5 Å². The van der Waals surface area contributed by atoms with Crippen LogP contribution in [0.25, 0.3) is 0 Å². The molecule has 30 heavy (non-hydrogen) atoms. The number of aryl methyl sites for hydroxylation is 1. The lowest BCUT2D eigenvalue weighted by Gasteiger charge is -2.09. The third-order valence-corrected chi connectivity index (χ3v) is 5.34. The minimum Gasteiger partial charge on any atom is -0.462 e. The molecule has 0 atom stereocenters. The Labute approximate surface area is 176 Å². The zero-order valence-electron chi connectivity index (χ0n) is 17.3. The molecule has 0 aliphatic heterocycles. The Balaban J connectivity index is 2.53. The predicted octanol–water partition coefficient (Wildman–Crippen LogP) is 2.70. The van der Waals surface area contributed by atoms with E-state index in [2.05, 4.69) is 10.4 Å². The highest BCUT2D eigenvalue weighted by atomic mass is 32.1. The lowest BCUT2D eigenvalue weighted by Crippen LogP contribution is -2.21. The number of rotatable bonds is 8. The summed E-state index contributed by atoms with van der Waals surface area (Å²) in [5, 5.41) is 17.8. The first kappa shape index (κ1) is 23.0. The Kier molecular flexibility index (Phi) is 7.27. The molecule has 0 radical (unpaired) electrons. The van der Waals surface area contributed by atoms with E-state index in [1.165, 1.54) is 9.58 Å². The molecule has 2 amide bonds. The summed E-state index contributed by atoms with van der Waals surface area (Å²) in [5.41, 5.74) is -0.282. The molecule has 11 nitrogen and oxygen atoms in total. The Morgan fingerprint density at radius 2 is 2.00 bits per heavy atom. The number of hydrogen-bond acceptors (Lipinski definition) is 8. The summed E-state index contributed by atoms with van der Waals surface area (Å²) in [6.07, 6.45) is 1.59. The van der Waals surface area contributed by atoms with Crippen LogP contribution >= 0.6 is 11.3 Å². The van der Waals surface area contributed by atoms with Crippen LogP contribution in [0.3, 0.4) is 0 Å². The van der Waals surface area contributed by atoms with E-state index in [0.717, 1.165) is 17.5 Å². The molecule has 2 rings (SSSR count). The van der Waals surface area contributed by atoms with Gasteiger partial charge in [-0.25, -0.2) is 4.79 Å². The fourth-order valence-corrected chi connectivity index (χ4v) is 3.88. The molecule has 0 aliphatic carbocycles. The van der Waals surface area contributed by atoms with Crippen LogP contribution in [-0.4, -0.2) is 58.1 Å². The molecular formula is C18H23N5O6S. The number of aromatic nitrogens is 2. The fourth-order valence-electron chi connectivity index (χ4n) is 2.67. The normalized spacial score (nSPS) is 10.6. The molecule has 0 bridgehead atoms. The highest BCUT2D eigenvalue weighted by Gasteiger charge is 2.31. The number of anilines is 1. The van der Waals surface area contributed by atoms with Crippen molar-refractivity contribution < 1.29 is 24.0 Å². The summed E-state index contributed by atoms with van der Waals surface area (Å²) in [6.45, 7) is 5.51. The van der Waals surface area contributed by atoms with Crippen molar-refractivity contribution in [2.75, 3.05) is 26.0 Å². The summed E-state index contributed by atoms with van der Waals surface area (Å²) < 4.78 is 6.39. The van der Waals surface area contributed by atoms with Gasteiger partial charge in [0.05, 0.1) is 22.0 Å². The first-order valence-electron chi connectivity index (χ1n) is 9.17. The van der Waals surface area contributed by atoms with Gasteiger partial charge < -0.3 is 15.0 Å². The zero-order chi connectivity index (χ0) is 22.6. The van der Waals surface area contributed by atoms with Crippen molar-refractivity contribution in [2.45, 2.75) is 33.7 Å². The zero-order valence-corrected chi connectivity index (χ0v) is 18.2. The van der Waals surface area contributed by atoms with Gasteiger partial charge >= 0.3 is 11.7 Å². The Morgan fingerprint density at radius 3 is 2.53 bits per heavy atom. The number of nitro groups is 1. The highest BCUT2D eigenvalue weighted by Crippen LogP contribution is 2.35. The SMILES string of the molecule is CCCOC(=O)c1c(NC(=O)c2c([N+](=O)[O-])cnn2CC)sc(C(=O)N(C)C)c1C. The topological polar surface area (TPSA) is 137 Å². The van der Waals surface area contributed by atoms with Crippen molar-refractivity contribution in [1.82, 2.24) is 14.7 Å². The number of thiophene rings is 1. The number of hydrogen-bond donors (Lipinski definition) is 1. The van der Waals surface area contributed by atoms with Gasteiger partial charge in [0.15, 0.2) is 0 Å². The first-order valence-corrected chi connectivity index (χ1v) is 9.99. The molecule has 162 valence electrons. The molecule has 1 N–H and O–H groups in total. The van der Waals surface area contributed by atoms with Gasteiger partial charge in [-0.15, -0.1) is 11.3 Å². The number of carbonyl (C=O) groups is 3. The van der Waals surface area contributed by atoms with Crippen LogP contribution in [0.5, 0.6) is 0 Å². The Morgan fingerprint density at radius 1 is 1.33 bits per heavy atom. The summed E-state index contributed by atoms with van der Waals surface area (Å²) in [4.78, 5) is 50.2. The van der Waals surface area contributed by atoms with Crippen LogP contribution in [0.15, 0.2) is 6.20 Å². The molecule has 0 aliphatic rings. The van der Waals surface area contributed by atoms with E-state index in [-0.39, 0.29) is 40.2 Å². The van der Waals surface area contributed by atoms with Gasteiger partial charge in [0, 0.05) is 20.6 Å². The molecule has 2 aromatic heterocycles. The van der Waals surface area contributed by atoms with Crippen molar-refractivity contribution in [1.29, 1.82) is 0 Å². The number of amides is 2. The van der Waals surface area contributed by atoms with Crippen molar-refractivity contribution in [3.05, 3.63) is 38.0 Å². The number of nitrogens with one attached hydrogen (secondary N) is 1. The quantitative estimate of drug-likeness (QED) is 0.381. The molecule has 0 unspecified atom stereocenters. The van der Waals surface area contributed by atoms with Crippen molar-refractivity contribution in [2.24, 2.45) is 0 Å². The molecule has 0 aromatic carbocycles. The summed E-state index contributed by atoms with van der Waals surface area (Å²) in [7, 11) is 3.13. The second-order valence-corrected chi connectivity index (χ2v) is 7.52. The molecule has 0 saturated heterocycles. The molecule has 0 spiro atoms. The second-order valence-electron chi connectivity index (χ2n) is 6.50. The Bertz CT molecular complexity index is 994. The van der Waals surface area contributed by atoms with Gasteiger partial charge in [0.1, 0.15) is 11.2 Å². The predicted molar refractivity (Wildman–Crippen MR) is 110 cm³/mol. The number of carbonyl (C=O) groups excluding carboxylic acids is 3. The lowest BCUT2D eigenvalue weighted by molar-refractivity contribution is -0.385. The first-order chi connectivity index (χ1) is 14.1. The van der Waals surface area contributed by atoms with E-state index in [1.54, 1.807) is 27.9 Å². The fraction of sp³-hybridized carbons (Fsp3) is 0.444. The minimum absolute atomic E-state index is 0.0530. The maximum absolute atomic E-state index is 12.9. The van der Waals surface area contributed by atoms with Crippen LogP contribution in [0.1, 0.15) is 56.3 Å². The van der Waals surface area contributed by atoms with Crippen molar-refractivity contribution >= 4 is 39.8 Å². The highest BCUT2D eigenvalue weighted by molar-refractivity contribution is 7.18. The number of nitrogens with zero attached hydrogens (tertiary/aromatic N) is 4. The van der Waals surface area contributed by atoms with E-state index < -0.39 is 22.5 Å². The monoisotopic (exact) mass is 437 g/mol. The molecule has 2 heterocycles. The van der Waals surface area contributed by atoms with Crippen LogP contribution in [0, 0.1) is 17.0 Å². The smallest absolute Gasteiger partial charge is 0.341 e. The van der Waals surface area contributed by atoms with E-state index in [0.29, 0.717) is 12.0 Å². The lowest BCUT2D eigenvalue weighted by atomic mass is 10.1.